The van der Waals surface area contributed by atoms with E-state index in [1.807, 2.05) is 7.05 Å². The number of benzene rings is 1. The van der Waals surface area contributed by atoms with Crippen LogP contribution < -0.4 is 5.32 Å². The Morgan fingerprint density at radius 2 is 1.82 bits per heavy atom. The molecule has 1 atom stereocenters. The largest absolute Gasteiger partial charge is 0.360 e. The third-order valence-electron chi connectivity index (χ3n) is 3.40. The van der Waals surface area contributed by atoms with E-state index in [-0.39, 0.29) is 5.41 Å². The lowest BCUT2D eigenvalue weighted by atomic mass is 9.86. The average Bonchev–Trinajstić information content (AvgIpc) is 2.59. The van der Waals surface area contributed by atoms with Crippen LogP contribution in [0, 0.1) is 0 Å². The highest BCUT2D eigenvalue weighted by atomic mass is 32.1. The zero-order chi connectivity index (χ0) is 12.6. The Morgan fingerprint density at radius 3 is 2.24 bits per heavy atom. The molecule has 1 saturated heterocycles. The summed E-state index contributed by atoms with van der Waals surface area (Å²) in [6, 6.07) is 9.26. The van der Waals surface area contributed by atoms with Crippen LogP contribution in [0.5, 0.6) is 0 Å². The lowest BCUT2D eigenvalue weighted by molar-refractivity contribution is 0.429. The maximum absolute atomic E-state index is 5.22. The van der Waals surface area contributed by atoms with Crippen molar-refractivity contribution in [2.24, 2.45) is 0 Å². The minimum atomic E-state index is 0.216. The van der Waals surface area contributed by atoms with Gasteiger partial charge in [-0.2, -0.15) is 0 Å². The molecule has 1 aromatic rings. The minimum absolute atomic E-state index is 0.216. The van der Waals surface area contributed by atoms with Crippen LogP contribution in [-0.2, 0) is 5.41 Å². The van der Waals surface area contributed by atoms with Crippen molar-refractivity contribution < 1.29 is 0 Å². The topological polar surface area (TPSA) is 15.3 Å². The number of nitrogens with one attached hydrogen (secondary N) is 1. The molecule has 1 unspecified atom stereocenters. The second-order valence-electron chi connectivity index (χ2n) is 5.68. The lowest BCUT2D eigenvalue weighted by Gasteiger charge is -2.22. The Hall–Kier alpha value is -1.09. The molecule has 1 heterocycles. The molecule has 1 aromatic carbocycles. The Balaban J connectivity index is 2.22. The van der Waals surface area contributed by atoms with Crippen LogP contribution in [-0.4, -0.2) is 23.6 Å². The molecule has 0 saturated carbocycles. The number of rotatable bonds is 1. The molecule has 0 radical (unpaired) electrons. The smallest absolute Gasteiger partial charge is 0.169 e. The molecule has 1 fully saturated rings. The van der Waals surface area contributed by atoms with Crippen molar-refractivity contribution >= 4 is 17.3 Å². The van der Waals surface area contributed by atoms with Crippen LogP contribution in [0.25, 0.3) is 0 Å². The SMILES string of the molecule is CN1C(=S)NCC1c1ccc(C(C)(C)C)cc1. The first-order valence-corrected chi connectivity index (χ1v) is 6.41. The normalized spacial score (nSPS) is 20.6. The van der Waals surface area contributed by atoms with Gasteiger partial charge in [0.15, 0.2) is 5.11 Å². The summed E-state index contributed by atoms with van der Waals surface area (Å²) in [4.78, 5) is 2.13. The van der Waals surface area contributed by atoms with Crippen LogP contribution in [0.1, 0.15) is 37.9 Å². The molecule has 17 heavy (non-hydrogen) atoms. The molecular weight excluding hydrogens is 228 g/mol. The van der Waals surface area contributed by atoms with Crippen LogP contribution in [0.4, 0.5) is 0 Å². The molecule has 0 amide bonds. The van der Waals surface area contributed by atoms with E-state index in [0.29, 0.717) is 6.04 Å². The fraction of sp³-hybridized carbons (Fsp3) is 0.500. The van der Waals surface area contributed by atoms with Gasteiger partial charge in [0, 0.05) is 13.6 Å². The first kappa shape index (κ1) is 12.4. The average molecular weight is 248 g/mol. The Bertz CT molecular complexity index is 417. The van der Waals surface area contributed by atoms with Gasteiger partial charge in [0.05, 0.1) is 6.04 Å². The third-order valence-corrected chi connectivity index (χ3v) is 3.83. The fourth-order valence-corrected chi connectivity index (χ4v) is 2.34. The summed E-state index contributed by atoms with van der Waals surface area (Å²) >= 11 is 5.22. The highest BCUT2D eigenvalue weighted by Gasteiger charge is 2.25. The Labute approximate surface area is 109 Å². The van der Waals surface area contributed by atoms with Gasteiger partial charge in [-0.1, -0.05) is 45.0 Å². The van der Waals surface area contributed by atoms with Gasteiger partial charge < -0.3 is 10.2 Å². The number of nitrogens with zero attached hydrogens (tertiary/aromatic N) is 1. The van der Waals surface area contributed by atoms with Gasteiger partial charge in [0.1, 0.15) is 0 Å². The van der Waals surface area contributed by atoms with Gasteiger partial charge in [0.25, 0.3) is 0 Å². The summed E-state index contributed by atoms with van der Waals surface area (Å²) in [6.07, 6.45) is 0. The first-order valence-electron chi connectivity index (χ1n) is 6.00. The molecular formula is C14H20N2S. The van der Waals surface area contributed by atoms with E-state index in [4.69, 9.17) is 12.2 Å². The molecule has 0 bridgehead atoms. The van der Waals surface area contributed by atoms with E-state index < -0.39 is 0 Å². The van der Waals surface area contributed by atoms with E-state index >= 15 is 0 Å². The number of hydrogen-bond acceptors (Lipinski definition) is 1. The van der Waals surface area contributed by atoms with E-state index in [9.17, 15) is 0 Å². The molecule has 0 aromatic heterocycles. The number of hydrogen-bond donors (Lipinski definition) is 1. The zero-order valence-electron chi connectivity index (χ0n) is 10.9. The van der Waals surface area contributed by atoms with Crippen molar-refractivity contribution in [3.05, 3.63) is 35.4 Å². The summed E-state index contributed by atoms with van der Waals surface area (Å²) < 4.78 is 0. The van der Waals surface area contributed by atoms with Crippen molar-refractivity contribution in [1.82, 2.24) is 10.2 Å². The predicted octanol–water partition coefficient (Wildman–Crippen LogP) is 2.85. The van der Waals surface area contributed by atoms with E-state index in [2.05, 4.69) is 55.3 Å². The molecule has 0 aliphatic carbocycles. The number of likely N-dealkylation sites (N-methyl/N-ethyl adjacent to an activating group) is 1. The third kappa shape index (κ3) is 2.44. The zero-order valence-corrected chi connectivity index (χ0v) is 11.8. The summed E-state index contributed by atoms with van der Waals surface area (Å²) in [7, 11) is 2.05. The molecule has 3 heteroatoms. The summed E-state index contributed by atoms with van der Waals surface area (Å²) in [5, 5.41) is 4.06. The second-order valence-corrected chi connectivity index (χ2v) is 6.07. The molecule has 1 aliphatic heterocycles. The van der Waals surface area contributed by atoms with E-state index in [1.54, 1.807) is 0 Å². The van der Waals surface area contributed by atoms with E-state index in [1.165, 1.54) is 11.1 Å². The van der Waals surface area contributed by atoms with Gasteiger partial charge in [-0.3, -0.25) is 0 Å². The first-order chi connectivity index (χ1) is 7.89. The summed E-state index contributed by atoms with van der Waals surface area (Å²) in [6.45, 7) is 7.62. The highest BCUT2D eigenvalue weighted by Crippen LogP contribution is 2.27. The number of thiocarbonyl (C=S) groups is 1. The van der Waals surface area contributed by atoms with Crippen LogP contribution >= 0.6 is 12.2 Å². The second kappa shape index (κ2) is 4.30. The van der Waals surface area contributed by atoms with Crippen LogP contribution in [0.15, 0.2) is 24.3 Å². The van der Waals surface area contributed by atoms with Crippen LogP contribution in [0.2, 0.25) is 0 Å². The lowest BCUT2D eigenvalue weighted by Crippen LogP contribution is -2.25. The Morgan fingerprint density at radius 1 is 1.24 bits per heavy atom. The molecule has 2 nitrogen and oxygen atoms in total. The minimum Gasteiger partial charge on any atom is -0.360 e. The van der Waals surface area contributed by atoms with Crippen molar-refractivity contribution in [1.29, 1.82) is 0 Å². The van der Waals surface area contributed by atoms with Crippen molar-refractivity contribution in [2.75, 3.05) is 13.6 Å². The van der Waals surface area contributed by atoms with Gasteiger partial charge >= 0.3 is 0 Å². The van der Waals surface area contributed by atoms with Gasteiger partial charge in [-0.05, 0) is 28.8 Å². The molecule has 0 spiro atoms. The van der Waals surface area contributed by atoms with Crippen LogP contribution in [0.3, 0.4) is 0 Å². The summed E-state index contributed by atoms with van der Waals surface area (Å²) in [5.74, 6) is 0. The van der Waals surface area contributed by atoms with Crippen molar-refractivity contribution in [3.8, 4) is 0 Å². The fourth-order valence-electron chi connectivity index (χ4n) is 2.13. The standard InChI is InChI=1S/C14H20N2S/c1-14(2,3)11-7-5-10(6-8-11)12-9-15-13(17)16(12)4/h5-8,12H,9H2,1-4H3,(H,15,17). The Kier molecular flexibility index (Phi) is 3.13. The van der Waals surface area contributed by atoms with Gasteiger partial charge in [-0.15, -0.1) is 0 Å². The summed E-state index contributed by atoms with van der Waals surface area (Å²) in [5.41, 5.74) is 2.92. The quantitative estimate of drug-likeness (QED) is 0.769. The predicted molar refractivity (Wildman–Crippen MR) is 76.2 cm³/mol. The molecule has 92 valence electrons. The molecule has 2 rings (SSSR count). The maximum atomic E-state index is 5.22. The maximum Gasteiger partial charge on any atom is 0.169 e. The van der Waals surface area contributed by atoms with Gasteiger partial charge in [-0.25, -0.2) is 0 Å². The monoisotopic (exact) mass is 248 g/mol. The van der Waals surface area contributed by atoms with Crippen molar-refractivity contribution in [2.45, 2.75) is 32.2 Å². The highest BCUT2D eigenvalue weighted by molar-refractivity contribution is 7.80. The molecule has 1 aliphatic rings. The van der Waals surface area contributed by atoms with E-state index in [0.717, 1.165) is 11.7 Å². The molecule has 1 N–H and O–H groups in total. The van der Waals surface area contributed by atoms with Crippen molar-refractivity contribution in [3.63, 3.8) is 0 Å². The van der Waals surface area contributed by atoms with Gasteiger partial charge in [0.2, 0.25) is 0 Å².